The molecule has 1 aliphatic heterocycles. The number of alkyl halides is 2. The maximum absolute atomic E-state index is 15.3. The van der Waals surface area contributed by atoms with Crippen molar-refractivity contribution in [2.24, 2.45) is 0 Å². The quantitative estimate of drug-likeness (QED) is 0.476. The van der Waals surface area contributed by atoms with Crippen LogP contribution in [0.1, 0.15) is 28.0 Å². The number of anilines is 1. The first kappa shape index (κ1) is 26.5. The molecule has 1 N–H and O–H groups in total. The first-order chi connectivity index (χ1) is 17.6. The highest BCUT2D eigenvalue weighted by Gasteiger charge is 2.41. The molecule has 0 aliphatic carbocycles. The van der Waals surface area contributed by atoms with Gasteiger partial charge in [0, 0.05) is 49.5 Å². The van der Waals surface area contributed by atoms with Crippen molar-refractivity contribution in [2.75, 3.05) is 38.6 Å². The molecule has 4 rings (SSSR count). The summed E-state index contributed by atoms with van der Waals surface area (Å²) < 4.78 is 32.3. The minimum absolute atomic E-state index is 0.126. The number of nitrogens with one attached hydrogen (secondary N) is 1. The fraction of sp³-hybridized carbons (Fsp3) is 0.296. The molecule has 2 amide bonds. The number of aromatic nitrogens is 2. The van der Waals surface area contributed by atoms with E-state index in [-0.39, 0.29) is 22.7 Å². The zero-order valence-corrected chi connectivity index (χ0v) is 21.6. The molecule has 0 fully saturated rings. The standard InChI is InChI=1S/C27H28ClF2N5O2/c1-18-10-13-35(32-18)19-8-9-21(23(28)16-19)26(37)34-14-11-27(29,30)22(20-6-4-5-7-24(20)34)17-25(36)31-12-15-33(2)3/h4-10,13,16-17H,11-12,14-15H2,1-3H3,(H,31,36)/b22-17-. The topological polar surface area (TPSA) is 70.5 Å². The van der Waals surface area contributed by atoms with E-state index < -0.39 is 29.7 Å². The van der Waals surface area contributed by atoms with E-state index in [0.717, 1.165) is 11.8 Å². The number of allylic oxidation sites excluding steroid dienone is 1. The first-order valence-corrected chi connectivity index (χ1v) is 12.2. The van der Waals surface area contributed by atoms with Crippen LogP contribution in [0.3, 0.4) is 0 Å². The smallest absolute Gasteiger partial charge is 0.275 e. The number of benzene rings is 2. The normalized spacial score (nSPS) is 16.0. The van der Waals surface area contributed by atoms with Crippen LogP contribution in [0.5, 0.6) is 0 Å². The predicted molar refractivity (Wildman–Crippen MR) is 141 cm³/mol. The third-order valence-corrected chi connectivity index (χ3v) is 6.39. The maximum Gasteiger partial charge on any atom is 0.275 e. The predicted octanol–water partition coefficient (Wildman–Crippen LogP) is 4.58. The van der Waals surface area contributed by atoms with Crippen molar-refractivity contribution in [1.82, 2.24) is 20.0 Å². The second kappa shape index (κ2) is 10.8. The van der Waals surface area contributed by atoms with E-state index in [4.69, 9.17) is 11.6 Å². The lowest BCUT2D eigenvalue weighted by molar-refractivity contribution is -0.116. The van der Waals surface area contributed by atoms with E-state index in [1.54, 1.807) is 47.3 Å². The van der Waals surface area contributed by atoms with Crippen LogP contribution in [-0.4, -0.2) is 66.1 Å². The van der Waals surface area contributed by atoms with Gasteiger partial charge in [0.25, 0.3) is 11.8 Å². The number of amides is 2. The van der Waals surface area contributed by atoms with Crippen molar-refractivity contribution < 1.29 is 18.4 Å². The van der Waals surface area contributed by atoms with Crippen molar-refractivity contribution in [3.63, 3.8) is 0 Å². The summed E-state index contributed by atoms with van der Waals surface area (Å²) in [5.41, 5.74) is 1.68. The van der Waals surface area contributed by atoms with Crippen LogP contribution in [0, 0.1) is 6.92 Å². The molecule has 2 aromatic carbocycles. The Morgan fingerprint density at radius 3 is 2.62 bits per heavy atom. The van der Waals surface area contributed by atoms with Gasteiger partial charge in [0.05, 0.1) is 27.7 Å². The molecule has 0 atom stereocenters. The minimum atomic E-state index is -3.32. The van der Waals surface area contributed by atoms with Gasteiger partial charge in [-0.3, -0.25) is 9.59 Å². The van der Waals surface area contributed by atoms with Crippen molar-refractivity contribution in [3.05, 3.63) is 82.6 Å². The molecule has 0 radical (unpaired) electrons. The van der Waals surface area contributed by atoms with Gasteiger partial charge in [-0.1, -0.05) is 29.8 Å². The fourth-order valence-corrected chi connectivity index (χ4v) is 4.40. The lowest BCUT2D eigenvalue weighted by atomic mass is 9.97. The SMILES string of the molecule is Cc1ccn(-c2ccc(C(=O)N3CCC(F)(F)/C(=C\C(=O)NCCN(C)C)c4ccccc43)c(Cl)c2)n1. The van der Waals surface area contributed by atoms with Crippen LogP contribution in [0.25, 0.3) is 11.3 Å². The molecule has 0 spiro atoms. The van der Waals surface area contributed by atoms with E-state index in [1.807, 2.05) is 32.0 Å². The summed E-state index contributed by atoms with van der Waals surface area (Å²) in [6, 6.07) is 13.1. The second-order valence-corrected chi connectivity index (χ2v) is 9.55. The van der Waals surface area contributed by atoms with E-state index in [9.17, 15) is 9.59 Å². The van der Waals surface area contributed by atoms with Crippen LogP contribution in [-0.2, 0) is 4.79 Å². The zero-order chi connectivity index (χ0) is 26.7. The van der Waals surface area contributed by atoms with Crippen LogP contribution in [0.2, 0.25) is 5.02 Å². The Hall–Kier alpha value is -3.56. The Morgan fingerprint density at radius 1 is 1.19 bits per heavy atom. The zero-order valence-electron chi connectivity index (χ0n) is 20.8. The number of aryl methyl sites for hydroxylation is 1. The summed E-state index contributed by atoms with van der Waals surface area (Å²) in [5, 5.41) is 7.16. The molecular weight excluding hydrogens is 500 g/mol. The van der Waals surface area contributed by atoms with E-state index in [1.165, 1.54) is 11.0 Å². The van der Waals surface area contributed by atoms with Crippen LogP contribution in [0.15, 0.2) is 60.8 Å². The lowest BCUT2D eigenvalue weighted by Crippen LogP contribution is -2.33. The Kier molecular flexibility index (Phi) is 7.75. The second-order valence-electron chi connectivity index (χ2n) is 9.15. The number of nitrogens with zero attached hydrogens (tertiary/aromatic N) is 4. The molecular formula is C27H28ClF2N5O2. The van der Waals surface area contributed by atoms with Gasteiger partial charge in [0.2, 0.25) is 5.91 Å². The summed E-state index contributed by atoms with van der Waals surface area (Å²) in [6.07, 6.45) is 2.07. The summed E-state index contributed by atoms with van der Waals surface area (Å²) in [4.78, 5) is 29.3. The monoisotopic (exact) mass is 527 g/mol. The van der Waals surface area contributed by atoms with Crippen LogP contribution >= 0.6 is 11.6 Å². The molecule has 10 heteroatoms. The highest BCUT2D eigenvalue weighted by Crippen LogP contribution is 2.43. The highest BCUT2D eigenvalue weighted by atomic mass is 35.5. The number of rotatable bonds is 6. The number of likely N-dealkylation sites (N-methyl/N-ethyl adjacent to an activating group) is 1. The molecule has 0 saturated heterocycles. The van der Waals surface area contributed by atoms with Gasteiger partial charge in [-0.15, -0.1) is 0 Å². The number of carbonyl (C=O) groups is 2. The molecule has 37 heavy (non-hydrogen) atoms. The van der Waals surface area contributed by atoms with Crippen molar-refractivity contribution in [3.8, 4) is 5.69 Å². The molecule has 2 heterocycles. The Bertz CT molecular complexity index is 1350. The first-order valence-electron chi connectivity index (χ1n) is 11.8. The van der Waals surface area contributed by atoms with Gasteiger partial charge < -0.3 is 15.1 Å². The number of halogens is 3. The third-order valence-electron chi connectivity index (χ3n) is 6.08. The fourth-order valence-electron chi connectivity index (χ4n) is 4.14. The van der Waals surface area contributed by atoms with Gasteiger partial charge in [0.15, 0.2) is 0 Å². The summed E-state index contributed by atoms with van der Waals surface area (Å²) in [5.74, 6) is -4.44. The minimum Gasteiger partial charge on any atom is -0.351 e. The maximum atomic E-state index is 15.3. The largest absolute Gasteiger partial charge is 0.351 e. The van der Waals surface area contributed by atoms with Gasteiger partial charge in [0.1, 0.15) is 0 Å². The van der Waals surface area contributed by atoms with Gasteiger partial charge in [-0.05, 0) is 51.4 Å². The van der Waals surface area contributed by atoms with Gasteiger partial charge in [-0.2, -0.15) is 5.10 Å². The Balaban J connectivity index is 1.67. The highest BCUT2D eigenvalue weighted by molar-refractivity contribution is 6.34. The number of hydrogen-bond acceptors (Lipinski definition) is 4. The van der Waals surface area contributed by atoms with Crippen molar-refractivity contribution in [2.45, 2.75) is 19.3 Å². The molecule has 0 bridgehead atoms. The van der Waals surface area contributed by atoms with E-state index >= 15 is 8.78 Å². The molecule has 7 nitrogen and oxygen atoms in total. The Labute approximate surface area is 219 Å². The molecule has 1 aromatic heterocycles. The van der Waals surface area contributed by atoms with Gasteiger partial charge >= 0.3 is 0 Å². The lowest BCUT2D eigenvalue weighted by Gasteiger charge is -2.23. The average molecular weight is 528 g/mol. The van der Waals surface area contributed by atoms with E-state index in [2.05, 4.69) is 10.4 Å². The van der Waals surface area contributed by atoms with Crippen LogP contribution in [0.4, 0.5) is 14.5 Å². The van der Waals surface area contributed by atoms with Crippen LogP contribution < -0.4 is 10.2 Å². The third kappa shape index (κ3) is 5.89. The Morgan fingerprint density at radius 2 is 1.95 bits per heavy atom. The summed E-state index contributed by atoms with van der Waals surface area (Å²) >= 11 is 6.49. The number of fused-ring (bicyclic) bond motifs is 1. The number of para-hydroxylation sites is 1. The average Bonchev–Trinajstić information content (AvgIpc) is 3.24. The van der Waals surface area contributed by atoms with Crippen molar-refractivity contribution >= 4 is 34.7 Å². The molecule has 0 saturated carbocycles. The number of hydrogen-bond donors (Lipinski definition) is 1. The molecule has 3 aromatic rings. The van der Waals surface area contributed by atoms with E-state index in [0.29, 0.717) is 24.5 Å². The summed E-state index contributed by atoms with van der Waals surface area (Å²) in [7, 11) is 3.70. The molecule has 1 aliphatic rings. The number of carbonyl (C=O) groups excluding carboxylic acids is 2. The molecule has 0 unspecified atom stereocenters. The summed E-state index contributed by atoms with van der Waals surface area (Å²) in [6.45, 7) is 2.50. The van der Waals surface area contributed by atoms with Crippen molar-refractivity contribution in [1.29, 1.82) is 0 Å². The van der Waals surface area contributed by atoms with Gasteiger partial charge in [-0.25, -0.2) is 13.5 Å². The molecule has 194 valence electrons.